The van der Waals surface area contributed by atoms with Crippen LogP contribution in [0.3, 0.4) is 0 Å². The van der Waals surface area contributed by atoms with Gasteiger partial charge in [0, 0.05) is 24.1 Å². The lowest BCUT2D eigenvalue weighted by atomic mass is 9.71. The van der Waals surface area contributed by atoms with Crippen molar-refractivity contribution in [2.45, 2.75) is 79.5 Å². The van der Waals surface area contributed by atoms with E-state index in [1.54, 1.807) is 0 Å². The molecule has 1 saturated carbocycles. The summed E-state index contributed by atoms with van der Waals surface area (Å²) in [4.78, 5) is 14.8. The van der Waals surface area contributed by atoms with Gasteiger partial charge in [0.05, 0.1) is 4.90 Å². The first-order valence-corrected chi connectivity index (χ1v) is 14.7. The summed E-state index contributed by atoms with van der Waals surface area (Å²) in [5.74, 6) is -0.990. The van der Waals surface area contributed by atoms with Crippen LogP contribution in [-0.4, -0.2) is 44.7 Å². The summed E-state index contributed by atoms with van der Waals surface area (Å²) < 4.78 is 134. The Hall–Kier alpha value is -2.70. The summed E-state index contributed by atoms with van der Waals surface area (Å²) in [6.45, 7) is 1.40. The zero-order chi connectivity index (χ0) is 30.5. The SMILES string of the molecule is CCC1(C(=O)N2CC[C@](c3ccc(C(F)(C(F)(F)F)C(F)(F)F)cc3)(S(=O)(=O)c3ccc(F)cc3)C2)CCCCC1. The minimum atomic E-state index is -6.34. The first kappa shape index (κ1) is 31.2. The van der Waals surface area contributed by atoms with Crippen LogP contribution in [0.15, 0.2) is 53.4 Å². The fourth-order valence-corrected chi connectivity index (χ4v) is 8.26. The summed E-state index contributed by atoms with van der Waals surface area (Å²) in [7, 11) is -4.50. The van der Waals surface area contributed by atoms with Crippen molar-refractivity contribution in [3.63, 3.8) is 0 Å². The van der Waals surface area contributed by atoms with Gasteiger partial charge in [-0.1, -0.05) is 50.5 Å². The number of carbonyl (C=O) groups excluding carboxylic acids is 1. The lowest BCUT2D eigenvalue weighted by Crippen LogP contribution is -2.50. The number of carbonyl (C=O) groups is 1. The molecule has 4 nitrogen and oxygen atoms in total. The van der Waals surface area contributed by atoms with Gasteiger partial charge in [-0.05, 0) is 55.5 Å². The van der Waals surface area contributed by atoms with Gasteiger partial charge in [0.2, 0.25) is 5.91 Å². The first-order valence-electron chi connectivity index (χ1n) is 13.2. The lowest BCUT2D eigenvalue weighted by molar-refractivity contribution is -0.348. The van der Waals surface area contributed by atoms with E-state index in [0.29, 0.717) is 19.3 Å². The van der Waals surface area contributed by atoms with Gasteiger partial charge in [0.15, 0.2) is 9.84 Å². The van der Waals surface area contributed by atoms with E-state index in [1.807, 2.05) is 6.92 Å². The first-order chi connectivity index (χ1) is 19.0. The third kappa shape index (κ3) is 5.01. The number of benzene rings is 2. The predicted molar refractivity (Wildman–Crippen MR) is 134 cm³/mol. The molecule has 1 heterocycles. The topological polar surface area (TPSA) is 54.5 Å². The summed E-state index contributed by atoms with van der Waals surface area (Å²) in [6.07, 6.45) is -8.58. The summed E-state index contributed by atoms with van der Waals surface area (Å²) >= 11 is 0. The van der Waals surface area contributed by atoms with Crippen molar-refractivity contribution in [2.75, 3.05) is 13.1 Å². The third-order valence-corrected chi connectivity index (χ3v) is 11.2. The third-order valence-electron chi connectivity index (χ3n) is 8.69. The van der Waals surface area contributed by atoms with Gasteiger partial charge >= 0.3 is 18.0 Å². The fourth-order valence-electron chi connectivity index (χ4n) is 6.18. The maximum absolute atomic E-state index is 14.7. The fraction of sp³-hybridized carbons (Fsp3) is 0.536. The molecule has 1 amide bonds. The zero-order valence-corrected chi connectivity index (χ0v) is 22.9. The van der Waals surface area contributed by atoms with E-state index in [4.69, 9.17) is 0 Å². The minimum absolute atomic E-state index is 0.0408. The van der Waals surface area contributed by atoms with Gasteiger partial charge < -0.3 is 4.90 Å². The van der Waals surface area contributed by atoms with Gasteiger partial charge in [-0.25, -0.2) is 17.2 Å². The van der Waals surface area contributed by atoms with E-state index in [2.05, 4.69) is 0 Å². The molecule has 226 valence electrons. The summed E-state index contributed by atoms with van der Waals surface area (Å²) in [6, 6.07) is 5.81. The Balaban J connectivity index is 1.82. The largest absolute Gasteiger partial charge is 0.435 e. The van der Waals surface area contributed by atoms with Gasteiger partial charge in [-0.3, -0.25) is 4.79 Å². The quantitative estimate of drug-likeness (QED) is 0.253. The van der Waals surface area contributed by atoms with Crippen LogP contribution >= 0.6 is 0 Å². The highest BCUT2D eigenvalue weighted by atomic mass is 32.2. The molecule has 0 unspecified atom stereocenters. The molecule has 0 bridgehead atoms. The molecule has 1 aliphatic carbocycles. The highest BCUT2D eigenvalue weighted by Gasteiger charge is 2.73. The minimum Gasteiger partial charge on any atom is -0.340 e. The van der Waals surface area contributed by atoms with Crippen LogP contribution in [-0.2, 0) is 25.0 Å². The number of alkyl halides is 7. The molecule has 1 saturated heterocycles. The second-order valence-corrected chi connectivity index (χ2v) is 13.1. The maximum atomic E-state index is 14.7. The molecule has 0 N–H and O–H groups in total. The Morgan fingerprint density at radius 1 is 0.829 bits per heavy atom. The number of nitrogens with zero attached hydrogens (tertiary/aromatic N) is 1. The number of likely N-dealkylation sites (tertiary alicyclic amines) is 1. The summed E-state index contributed by atoms with van der Waals surface area (Å²) in [5, 5.41) is 0. The molecule has 4 rings (SSSR count). The molecule has 2 aromatic carbocycles. The molecular formula is C28H29F8NO3S. The van der Waals surface area contributed by atoms with Crippen LogP contribution in [0.25, 0.3) is 0 Å². The van der Waals surface area contributed by atoms with Crippen molar-refractivity contribution in [3.8, 4) is 0 Å². The smallest absolute Gasteiger partial charge is 0.340 e. The molecular weight excluding hydrogens is 582 g/mol. The second kappa shape index (κ2) is 10.5. The van der Waals surface area contributed by atoms with Crippen LogP contribution in [0.2, 0.25) is 0 Å². The van der Waals surface area contributed by atoms with Crippen molar-refractivity contribution in [1.29, 1.82) is 0 Å². The molecule has 2 aromatic rings. The Labute approximate surface area is 232 Å². The molecule has 41 heavy (non-hydrogen) atoms. The van der Waals surface area contributed by atoms with E-state index in [9.17, 15) is 48.3 Å². The van der Waals surface area contributed by atoms with Crippen LogP contribution in [0.4, 0.5) is 35.1 Å². The van der Waals surface area contributed by atoms with Crippen molar-refractivity contribution in [3.05, 3.63) is 65.5 Å². The van der Waals surface area contributed by atoms with Crippen LogP contribution in [0.1, 0.15) is 63.0 Å². The number of amides is 1. The Morgan fingerprint density at radius 3 is 1.85 bits per heavy atom. The molecule has 0 radical (unpaired) electrons. The summed E-state index contributed by atoms with van der Waals surface area (Å²) in [5.41, 5.74) is -8.35. The maximum Gasteiger partial charge on any atom is 0.435 e. The average molecular weight is 612 g/mol. The van der Waals surface area contributed by atoms with E-state index < -0.39 is 55.9 Å². The van der Waals surface area contributed by atoms with E-state index >= 15 is 0 Å². The Kier molecular flexibility index (Phi) is 8.03. The molecule has 13 heteroatoms. The van der Waals surface area contributed by atoms with E-state index in [1.165, 1.54) is 4.90 Å². The van der Waals surface area contributed by atoms with Crippen molar-refractivity contribution in [1.82, 2.24) is 4.90 Å². The Bertz CT molecular complexity index is 1350. The van der Waals surface area contributed by atoms with Crippen LogP contribution < -0.4 is 0 Å². The molecule has 2 aliphatic rings. The second-order valence-electron chi connectivity index (χ2n) is 10.9. The molecule has 0 aromatic heterocycles. The lowest BCUT2D eigenvalue weighted by Gasteiger charge is -2.39. The normalized spacial score (nSPS) is 22.1. The Morgan fingerprint density at radius 2 is 1.37 bits per heavy atom. The number of hydrogen-bond acceptors (Lipinski definition) is 3. The standard InChI is InChI=1S/C28H29F8NO3S/c1-2-24(14-4-3-5-15-24)23(38)37-17-16-25(18-37,41(39,40)22-12-10-21(29)11-13-22)19-6-8-20(9-7-19)26(30,27(31,32)33)28(34,35)36/h6-13H,2-5,14-18H2,1H3/t25-/m0/s1. The zero-order valence-electron chi connectivity index (χ0n) is 22.1. The number of hydrogen-bond donors (Lipinski definition) is 0. The van der Waals surface area contributed by atoms with Crippen molar-refractivity contribution >= 4 is 15.7 Å². The molecule has 2 fully saturated rings. The van der Waals surface area contributed by atoms with Gasteiger partial charge in [0.1, 0.15) is 10.6 Å². The van der Waals surface area contributed by atoms with Gasteiger partial charge in [0.25, 0.3) is 0 Å². The van der Waals surface area contributed by atoms with Crippen molar-refractivity contribution < 1.29 is 48.3 Å². The van der Waals surface area contributed by atoms with Crippen LogP contribution in [0, 0.1) is 11.2 Å². The van der Waals surface area contributed by atoms with Gasteiger partial charge in [-0.2, -0.15) is 26.3 Å². The van der Waals surface area contributed by atoms with Crippen LogP contribution in [0.5, 0.6) is 0 Å². The molecule has 1 atom stereocenters. The van der Waals surface area contributed by atoms with Gasteiger partial charge in [-0.15, -0.1) is 0 Å². The monoisotopic (exact) mass is 611 g/mol. The number of sulfone groups is 1. The van der Waals surface area contributed by atoms with E-state index in [0.717, 1.165) is 55.7 Å². The highest BCUT2D eigenvalue weighted by molar-refractivity contribution is 7.92. The number of halogens is 8. The predicted octanol–water partition coefficient (Wildman–Crippen LogP) is 7.38. The number of rotatable bonds is 6. The molecule has 0 spiro atoms. The molecule has 1 aliphatic heterocycles. The van der Waals surface area contributed by atoms with Crippen molar-refractivity contribution in [2.24, 2.45) is 5.41 Å². The average Bonchev–Trinajstić information content (AvgIpc) is 3.39. The van der Waals surface area contributed by atoms with E-state index in [-0.39, 0.29) is 41.5 Å². The highest BCUT2D eigenvalue weighted by Crippen LogP contribution is 2.54.